The molecule has 5 N–H and O–H groups in total. The van der Waals surface area contributed by atoms with E-state index >= 15 is 0 Å². The van der Waals surface area contributed by atoms with Gasteiger partial charge in [0.25, 0.3) is 0 Å². The molecule has 0 aromatic heterocycles. The second-order valence-corrected chi connectivity index (χ2v) is 20.1. The smallest absolute Gasteiger partial charge is 0.200 e. The molecule has 2 fully saturated rings. The van der Waals surface area contributed by atoms with Gasteiger partial charge in [0.2, 0.25) is 11.6 Å². The first-order valence-corrected chi connectivity index (χ1v) is 26.4. The van der Waals surface area contributed by atoms with Crippen LogP contribution < -0.4 is 25.3 Å². The van der Waals surface area contributed by atoms with Crippen LogP contribution in [0.15, 0.2) is 84.9 Å². The number of unbranched alkanes of at least 4 members (excludes halogenated alkanes) is 7. The third-order valence-electron chi connectivity index (χ3n) is 15.1. The van der Waals surface area contributed by atoms with Gasteiger partial charge in [-0.15, -0.1) is 0 Å². The lowest BCUT2D eigenvalue weighted by Crippen LogP contribution is -2.24. The van der Waals surface area contributed by atoms with Gasteiger partial charge in [-0.2, -0.15) is 0 Å². The molecule has 5 aromatic carbocycles. The van der Waals surface area contributed by atoms with Crippen LogP contribution in [-0.4, -0.2) is 28.4 Å². The minimum atomic E-state index is -0.721. The van der Waals surface area contributed by atoms with Gasteiger partial charge in [0.15, 0.2) is 23.0 Å². The van der Waals surface area contributed by atoms with Crippen molar-refractivity contribution in [2.45, 2.75) is 161 Å². The van der Waals surface area contributed by atoms with E-state index in [-0.39, 0.29) is 45.1 Å². The second kappa shape index (κ2) is 23.6. The van der Waals surface area contributed by atoms with Crippen LogP contribution in [0.1, 0.15) is 204 Å². The van der Waals surface area contributed by atoms with Crippen molar-refractivity contribution in [1.29, 1.82) is 0 Å². The normalized spacial score (nSPS) is 18.9. The van der Waals surface area contributed by atoms with Crippen molar-refractivity contribution < 1.29 is 34.0 Å². The quantitative estimate of drug-likeness (QED) is 0.0297. The molecular formula is C60H74N2O7. The summed E-state index contributed by atoms with van der Waals surface area (Å²) in [5.41, 5.74) is 8.97. The Hall–Kier alpha value is -5.96. The first kappa shape index (κ1) is 49.5. The van der Waals surface area contributed by atoms with Crippen LogP contribution in [0, 0.1) is 11.8 Å². The van der Waals surface area contributed by atoms with E-state index in [1.807, 2.05) is 48.5 Å². The summed E-state index contributed by atoms with van der Waals surface area (Å²) in [7, 11) is 0. The number of ketones is 2. The number of carbonyl (C=O) groups excluding carboxylic acids is 2. The van der Waals surface area contributed by atoms with Crippen molar-refractivity contribution in [3.63, 3.8) is 0 Å². The van der Waals surface area contributed by atoms with Gasteiger partial charge >= 0.3 is 0 Å². The Morgan fingerprint density at radius 2 is 0.971 bits per heavy atom. The molecule has 3 aliphatic rings. The molecule has 9 nitrogen and oxygen atoms in total. The van der Waals surface area contributed by atoms with Gasteiger partial charge in [0.05, 0.1) is 34.5 Å². The number of fused-ring (bicyclic) bond motifs is 2. The molecule has 0 aliphatic heterocycles. The van der Waals surface area contributed by atoms with Crippen molar-refractivity contribution in [2.24, 2.45) is 11.8 Å². The Balaban J connectivity index is 1.04. The lowest BCUT2D eigenvalue weighted by molar-refractivity contribution is 0.0974. The largest absolute Gasteiger partial charge is 0.504 e. The highest BCUT2D eigenvalue weighted by Gasteiger charge is 2.41. The van der Waals surface area contributed by atoms with Crippen molar-refractivity contribution in [3.05, 3.63) is 118 Å². The van der Waals surface area contributed by atoms with Gasteiger partial charge in [-0.1, -0.05) is 116 Å². The number of nitrogen functional groups attached to an aromatic ring is 1. The van der Waals surface area contributed by atoms with Crippen LogP contribution in [-0.2, 0) is 0 Å². The average molecular weight is 935 g/mol. The molecule has 0 unspecified atom stereocenters. The highest BCUT2D eigenvalue weighted by Crippen LogP contribution is 2.50. The van der Waals surface area contributed by atoms with Crippen molar-refractivity contribution in [2.75, 3.05) is 17.7 Å². The number of nitrogens with one attached hydrogen (secondary N) is 1. The third kappa shape index (κ3) is 11.9. The van der Waals surface area contributed by atoms with Crippen LogP contribution in [0.5, 0.6) is 40.2 Å². The summed E-state index contributed by atoms with van der Waals surface area (Å²) < 4.78 is 18.6. The molecule has 0 bridgehead atoms. The molecular weight excluding hydrogens is 861 g/mol. The predicted octanol–water partition coefficient (Wildman–Crippen LogP) is 16.5. The van der Waals surface area contributed by atoms with E-state index in [1.54, 1.807) is 0 Å². The minimum absolute atomic E-state index is 0.0146. The van der Waals surface area contributed by atoms with E-state index in [0.29, 0.717) is 35.6 Å². The van der Waals surface area contributed by atoms with E-state index in [9.17, 15) is 19.8 Å². The lowest BCUT2D eigenvalue weighted by Gasteiger charge is -2.28. The predicted molar refractivity (Wildman–Crippen MR) is 278 cm³/mol. The maximum atomic E-state index is 14.9. The summed E-state index contributed by atoms with van der Waals surface area (Å²) in [4.78, 5) is 29.6. The van der Waals surface area contributed by atoms with Gasteiger partial charge in [-0.3, -0.25) is 9.59 Å². The van der Waals surface area contributed by atoms with Gasteiger partial charge in [0.1, 0.15) is 17.2 Å². The van der Waals surface area contributed by atoms with Crippen molar-refractivity contribution in [3.8, 4) is 40.2 Å². The van der Waals surface area contributed by atoms with Gasteiger partial charge < -0.3 is 35.5 Å². The zero-order chi connectivity index (χ0) is 48.3. The van der Waals surface area contributed by atoms with Gasteiger partial charge in [0, 0.05) is 23.5 Å². The number of hydrogen-bond donors (Lipinski definition) is 4. The SMILES string of the molecule is CCCCCCCCCCOc1ccc(Nc2cc(Oc3ccc(C4CCC(CCC)CC4)cc3)c(O)c3c2C(=O)c2c(O)c(Oc4ccc(C5CCC(CCC)CC5)cc4)cc(N)c2C3=O)cc1. The molecule has 2 saturated carbocycles. The fourth-order valence-electron chi connectivity index (χ4n) is 11.2. The number of benzene rings is 5. The molecule has 366 valence electrons. The Bertz CT molecular complexity index is 2500. The summed E-state index contributed by atoms with van der Waals surface area (Å²) >= 11 is 0. The van der Waals surface area contributed by atoms with Crippen LogP contribution in [0.25, 0.3) is 0 Å². The van der Waals surface area contributed by atoms with Crippen LogP contribution >= 0.6 is 0 Å². The number of rotatable bonds is 22. The number of hydrogen-bond acceptors (Lipinski definition) is 9. The summed E-state index contributed by atoms with van der Waals surface area (Å²) in [5, 5.41) is 27.1. The molecule has 0 amide bonds. The highest BCUT2D eigenvalue weighted by atomic mass is 16.5. The van der Waals surface area contributed by atoms with Crippen LogP contribution in [0.2, 0.25) is 0 Å². The lowest BCUT2D eigenvalue weighted by atomic mass is 9.77. The second-order valence-electron chi connectivity index (χ2n) is 20.1. The van der Waals surface area contributed by atoms with E-state index < -0.39 is 23.1 Å². The number of phenolic OH excluding ortho intramolecular Hbond substituents is 2. The molecule has 5 aromatic rings. The van der Waals surface area contributed by atoms with Gasteiger partial charge in [-0.05, 0) is 141 Å². The van der Waals surface area contributed by atoms with Crippen LogP contribution in [0.3, 0.4) is 0 Å². The highest BCUT2D eigenvalue weighted by molar-refractivity contribution is 6.34. The Kier molecular flexibility index (Phi) is 16.9. The molecule has 3 aliphatic carbocycles. The zero-order valence-corrected chi connectivity index (χ0v) is 41.3. The molecule has 69 heavy (non-hydrogen) atoms. The number of anilines is 3. The number of aromatic hydroxyl groups is 2. The van der Waals surface area contributed by atoms with Gasteiger partial charge in [-0.25, -0.2) is 0 Å². The Morgan fingerprint density at radius 3 is 1.48 bits per heavy atom. The van der Waals surface area contributed by atoms with E-state index in [4.69, 9.17) is 19.9 Å². The molecule has 9 heteroatoms. The standard InChI is InChI=1S/C60H74N2O7/c1-4-7-8-9-10-11-12-13-36-67-46-34-28-45(29-35-46)62-50-38-52(69-48-32-26-44(27-33-48)42-22-18-40(15-6-3)19-23-42)58(64)56-54(50)60(66)55-53(59(56)65)49(61)37-51(57(55)63)68-47-30-24-43(25-31-47)41-20-16-39(14-5-2)17-21-41/h24-35,37-42,62-64H,4-23,36,61H2,1-3H3. The molecule has 0 radical (unpaired) electrons. The number of phenols is 2. The first-order chi connectivity index (χ1) is 33.6. The maximum Gasteiger partial charge on any atom is 0.200 e. The van der Waals surface area contributed by atoms with Crippen molar-refractivity contribution in [1.82, 2.24) is 0 Å². The third-order valence-corrected chi connectivity index (χ3v) is 15.1. The minimum Gasteiger partial charge on any atom is -0.504 e. The fourth-order valence-corrected chi connectivity index (χ4v) is 11.2. The summed E-state index contributed by atoms with van der Waals surface area (Å²) in [5.74, 6) is 1.76. The molecule has 0 heterocycles. The number of ether oxygens (including phenoxy) is 3. The number of carbonyl (C=O) groups is 2. The zero-order valence-electron chi connectivity index (χ0n) is 41.3. The molecule has 8 rings (SSSR count). The van der Waals surface area contributed by atoms with Crippen LogP contribution in [0.4, 0.5) is 17.1 Å². The topological polar surface area (TPSA) is 140 Å². The molecule has 0 atom stereocenters. The molecule has 0 spiro atoms. The first-order valence-electron chi connectivity index (χ1n) is 26.4. The summed E-state index contributed by atoms with van der Waals surface area (Å²) in [6, 6.07) is 26.1. The Labute approximate surface area is 410 Å². The molecule has 0 saturated heterocycles. The van der Waals surface area contributed by atoms with E-state index in [1.165, 1.54) is 113 Å². The maximum absolute atomic E-state index is 14.9. The van der Waals surface area contributed by atoms with Crippen molar-refractivity contribution >= 4 is 28.6 Å². The Morgan fingerprint density at radius 1 is 0.522 bits per heavy atom. The van der Waals surface area contributed by atoms with E-state index in [0.717, 1.165) is 56.1 Å². The van der Waals surface area contributed by atoms with E-state index in [2.05, 4.69) is 50.4 Å². The monoisotopic (exact) mass is 935 g/mol. The summed E-state index contributed by atoms with van der Waals surface area (Å²) in [6.07, 6.45) is 24.4. The average Bonchev–Trinajstić information content (AvgIpc) is 3.36. The summed E-state index contributed by atoms with van der Waals surface area (Å²) in [6.45, 7) is 7.37. The fraction of sp³-hybridized carbons (Fsp3) is 0.467. The number of nitrogens with two attached hydrogens (primary N) is 1.